The topological polar surface area (TPSA) is 35.2 Å². The van der Waals surface area contributed by atoms with E-state index in [4.69, 9.17) is 10.5 Å². The van der Waals surface area contributed by atoms with Crippen molar-refractivity contribution in [2.24, 2.45) is 5.73 Å². The number of hydrogen-bond acceptors (Lipinski definition) is 2. The van der Waals surface area contributed by atoms with Crippen LogP contribution in [0.5, 0.6) is 11.5 Å². The first-order valence-electron chi connectivity index (χ1n) is 6.12. The maximum atomic E-state index is 13.5. The number of rotatable bonds is 4. The summed E-state index contributed by atoms with van der Waals surface area (Å²) in [6, 6.07) is 6.53. The minimum absolute atomic E-state index is 0.212. The van der Waals surface area contributed by atoms with Crippen LogP contribution >= 0.6 is 0 Å². The van der Waals surface area contributed by atoms with Crippen molar-refractivity contribution in [2.75, 3.05) is 0 Å². The highest BCUT2D eigenvalue weighted by Gasteiger charge is 2.12. The zero-order chi connectivity index (χ0) is 14.7. The largest absolute Gasteiger partial charge is 0.454 e. The van der Waals surface area contributed by atoms with Gasteiger partial charge in [0.05, 0.1) is 0 Å². The molecule has 2 aromatic carbocycles. The van der Waals surface area contributed by atoms with Gasteiger partial charge in [0, 0.05) is 12.1 Å². The van der Waals surface area contributed by atoms with Gasteiger partial charge < -0.3 is 10.5 Å². The molecule has 0 aromatic heterocycles. The lowest BCUT2D eigenvalue weighted by Gasteiger charge is -2.13. The van der Waals surface area contributed by atoms with E-state index in [0.717, 1.165) is 18.2 Å². The lowest BCUT2D eigenvalue weighted by molar-refractivity contribution is 0.429. The standard InChI is InChI=1S/C15H14F3NO/c1-9(19)6-10-7-11(16)3-5-14(10)20-15-8-12(17)2-4-13(15)18/h2-5,7-9H,6,19H2,1H3. The fraction of sp³-hybridized carbons (Fsp3) is 0.200. The molecule has 1 atom stereocenters. The SMILES string of the molecule is CC(N)Cc1cc(F)ccc1Oc1cc(F)ccc1F. The van der Waals surface area contributed by atoms with E-state index in [1.165, 1.54) is 18.2 Å². The minimum atomic E-state index is -0.692. The van der Waals surface area contributed by atoms with Crippen molar-refractivity contribution in [3.05, 3.63) is 59.4 Å². The van der Waals surface area contributed by atoms with Gasteiger partial charge in [-0.1, -0.05) is 0 Å². The van der Waals surface area contributed by atoms with Crippen molar-refractivity contribution < 1.29 is 17.9 Å². The van der Waals surface area contributed by atoms with Crippen LogP contribution in [0.15, 0.2) is 36.4 Å². The van der Waals surface area contributed by atoms with Crippen molar-refractivity contribution in [3.8, 4) is 11.5 Å². The second kappa shape index (κ2) is 5.96. The summed E-state index contributed by atoms with van der Waals surface area (Å²) in [4.78, 5) is 0. The zero-order valence-electron chi connectivity index (χ0n) is 10.9. The molecule has 106 valence electrons. The highest BCUT2D eigenvalue weighted by atomic mass is 19.1. The summed E-state index contributed by atoms with van der Waals surface area (Å²) in [5, 5.41) is 0. The molecule has 0 bridgehead atoms. The van der Waals surface area contributed by atoms with Crippen LogP contribution in [0, 0.1) is 17.5 Å². The summed E-state index contributed by atoms with van der Waals surface area (Å²) in [6.45, 7) is 1.76. The number of halogens is 3. The molecule has 2 N–H and O–H groups in total. The molecular formula is C15H14F3NO. The predicted molar refractivity (Wildman–Crippen MR) is 70.2 cm³/mol. The average molecular weight is 281 g/mol. The lowest BCUT2D eigenvalue weighted by atomic mass is 10.1. The van der Waals surface area contributed by atoms with Gasteiger partial charge in [0.15, 0.2) is 11.6 Å². The Hall–Kier alpha value is -2.01. The van der Waals surface area contributed by atoms with Gasteiger partial charge in [-0.15, -0.1) is 0 Å². The van der Waals surface area contributed by atoms with Crippen molar-refractivity contribution >= 4 is 0 Å². The van der Waals surface area contributed by atoms with Crippen molar-refractivity contribution in [1.29, 1.82) is 0 Å². The van der Waals surface area contributed by atoms with Gasteiger partial charge >= 0.3 is 0 Å². The molecule has 0 aliphatic heterocycles. The molecule has 0 aliphatic carbocycles. The highest BCUT2D eigenvalue weighted by molar-refractivity contribution is 5.39. The van der Waals surface area contributed by atoms with Crippen LogP contribution in [-0.2, 0) is 6.42 Å². The molecule has 2 aromatic rings. The maximum absolute atomic E-state index is 13.5. The summed E-state index contributed by atoms with van der Waals surface area (Å²) in [7, 11) is 0. The number of ether oxygens (including phenoxy) is 1. The molecule has 0 aliphatic rings. The maximum Gasteiger partial charge on any atom is 0.165 e. The fourth-order valence-electron chi connectivity index (χ4n) is 1.83. The van der Waals surface area contributed by atoms with Gasteiger partial charge in [0.25, 0.3) is 0 Å². The number of hydrogen-bond donors (Lipinski definition) is 1. The molecule has 1 unspecified atom stereocenters. The van der Waals surface area contributed by atoms with E-state index in [0.29, 0.717) is 12.0 Å². The van der Waals surface area contributed by atoms with E-state index < -0.39 is 17.5 Å². The first-order chi connectivity index (χ1) is 9.45. The predicted octanol–water partition coefficient (Wildman–Crippen LogP) is 3.79. The Morgan fingerprint density at radius 3 is 2.35 bits per heavy atom. The molecule has 0 radical (unpaired) electrons. The van der Waals surface area contributed by atoms with Crippen LogP contribution in [0.25, 0.3) is 0 Å². The van der Waals surface area contributed by atoms with Gasteiger partial charge in [0.1, 0.15) is 17.4 Å². The molecule has 0 saturated carbocycles. The van der Waals surface area contributed by atoms with Crippen LogP contribution in [0.1, 0.15) is 12.5 Å². The van der Waals surface area contributed by atoms with Crippen LogP contribution in [0.4, 0.5) is 13.2 Å². The molecule has 2 nitrogen and oxygen atoms in total. The molecule has 2 rings (SSSR count). The Labute approximate surface area is 115 Å². The molecule has 0 saturated heterocycles. The quantitative estimate of drug-likeness (QED) is 0.925. The Morgan fingerprint density at radius 1 is 1.00 bits per heavy atom. The van der Waals surface area contributed by atoms with Crippen LogP contribution < -0.4 is 10.5 Å². The van der Waals surface area contributed by atoms with E-state index in [9.17, 15) is 13.2 Å². The van der Waals surface area contributed by atoms with E-state index in [1.54, 1.807) is 6.92 Å². The van der Waals surface area contributed by atoms with E-state index in [-0.39, 0.29) is 17.5 Å². The second-order valence-corrected chi connectivity index (χ2v) is 4.61. The fourth-order valence-corrected chi connectivity index (χ4v) is 1.83. The van der Waals surface area contributed by atoms with Gasteiger partial charge in [-0.2, -0.15) is 0 Å². The average Bonchev–Trinajstić information content (AvgIpc) is 2.36. The van der Waals surface area contributed by atoms with E-state index in [1.807, 2.05) is 0 Å². The Morgan fingerprint density at radius 2 is 1.65 bits per heavy atom. The van der Waals surface area contributed by atoms with Gasteiger partial charge in [-0.05, 0) is 49.2 Å². The second-order valence-electron chi connectivity index (χ2n) is 4.61. The van der Waals surface area contributed by atoms with E-state index >= 15 is 0 Å². The highest BCUT2D eigenvalue weighted by Crippen LogP contribution is 2.29. The van der Waals surface area contributed by atoms with Crippen LogP contribution in [-0.4, -0.2) is 6.04 Å². The third kappa shape index (κ3) is 3.51. The third-order valence-electron chi connectivity index (χ3n) is 2.68. The summed E-state index contributed by atoms with van der Waals surface area (Å²) in [6.07, 6.45) is 0.365. The zero-order valence-corrected chi connectivity index (χ0v) is 10.9. The van der Waals surface area contributed by atoms with Crippen molar-refractivity contribution in [2.45, 2.75) is 19.4 Å². The molecule has 0 amide bonds. The Kier molecular flexibility index (Phi) is 4.29. The molecule has 5 heteroatoms. The van der Waals surface area contributed by atoms with Gasteiger partial charge in [-0.3, -0.25) is 0 Å². The van der Waals surface area contributed by atoms with E-state index in [2.05, 4.69) is 0 Å². The first-order valence-corrected chi connectivity index (χ1v) is 6.12. The van der Waals surface area contributed by atoms with Crippen molar-refractivity contribution in [1.82, 2.24) is 0 Å². The third-order valence-corrected chi connectivity index (χ3v) is 2.68. The minimum Gasteiger partial charge on any atom is -0.454 e. The van der Waals surface area contributed by atoms with Crippen molar-refractivity contribution in [3.63, 3.8) is 0 Å². The monoisotopic (exact) mass is 281 g/mol. The molecule has 0 spiro atoms. The molecule has 20 heavy (non-hydrogen) atoms. The smallest absolute Gasteiger partial charge is 0.165 e. The summed E-state index contributed by atoms with van der Waals surface area (Å²) >= 11 is 0. The van der Waals surface area contributed by atoms with Gasteiger partial charge in [-0.25, -0.2) is 13.2 Å². The summed E-state index contributed by atoms with van der Waals surface area (Å²) in [5.41, 5.74) is 6.18. The first kappa shape index (κ1) is 14.4. The van der Waals surface area contributed by atoms with Crippen LogP contribution in [0.3, 0.4) is 0 Å². The number of benzene rings is 2. The summed E-state index contributed by atoms with van der Waals surface area (Å²) in [5.74, 6) is -1.73. The van der Waals surface area contributed by atoms with Gasteiger partial charge in [0.2, 0.25) is 0 Å². The normalized spacial score (nSPS) is 12.2. The number of nitrogens with two attached hydrogens (primary N) is 1. The lowest BCUT2D eigenvalue weighted by Crippen LogP contribution is -2.18. The molecule has 0 heterocycles. The molecular weight excluding hydrogens is 267 g/mol. The Bertz CT molecular complexity index is 614. The van der Waals surface area contributed by atoms with Crippen LogP contribution in [0.2, 0.25) is 0 Å². The Balaban J connectivity index is 2.35. The summed E-state index contributed by atoms with van der Waals surface area (Å²) < 4.78 is 45.2. The molecule has 0 fully saturated rings.